The average Bonchev–Trinajstić information content (AvgIpc) is 3.03. The van der Waals surface area contributed by atoms with Gasteiger partial charge in [-0.15, -0.1) is 0 Å². The highest BCUT2D eigenvalue weighted by Gasteiger charge is 2.35. The number of amides is 1. The second-order valence-corrected chi connectivity index (χ2v) is 8.13. The van der Waals surface area contributed by atoms with Crippen LogP contribution in [-0.2, 0) is 4.79 Å². The zero-order valence-electron chi connectivity index (χ0n) is 19.4. The molecule has 2 aromatic carbocycles. The molecule has 1 atom stereocenters. The molecule has 0 radical (unpaired) electrons. The molecule has 3 heterocycles. The molecule has 2 N–H and O–H groups in total. The van der Waals surface area contributed by atoms with Crippen LogP contribution in [0.1, 0.15) is 37.7 Å². The second-order valence-electron chi connectivity index (χ2n) is 8.13. The normalized spacial score (nSPS) is 16.9. The lowest BCUT2D eigenvalue weighted by Crippen LogP contribution is -2.31. The molecule has 0 saturated carbocycles. The first-order chi connectivity index (χ1) is 16.5. The SMILES string of the molecule is CCOc1ccccc1NC(=O)C1=C(C)Nc2nc(C)nn2C1c1ccc2c(c1)OCCCO2. The fourth-order valence-corrected chi connectivity index (χ4v) is 4.25. The first kappa shape index (κ1) is 21.8. The molecule has 176 valence electrons. The van der Waals surface area contributed by atoms with Gasteiger partial charge in [0.1, 0.15) is 17.6 Å². The van der Waals surface area contributed by atoms with Crippen LogP contribution < -0.4 is 24.8 Å². The van der Waals surface area contributed by atoms with Gasteiger partial charge in [0, 0.05) is 12.1 Å². The lowest BCUT2D eigenvalue weighted by molar-refractivity contribution is -0.113. The molecule has 1 aromatic heterocycles. The standard InChI is InChI=1S/C25H27N5O4/c1-4-32-19-9-6-5-8-18(19)28-24(31)22-15(2)26-25-27-16(3)29-30(25)23(22)17-10-11-20-21(14-17)34-13-7-12-33-20/h5-6,8-11,14,23H,4,7,12-13H2,1-3H3,(H,28,31)(H,26,27,29). The fraction of sp³-hybridized carbons (Fsp3) is 0.320. The molecule has 9 heteroatoms. The van der Waals surface area contributed by atoms with Crippen molar-refractivity contribution in [2.24, 2.45) is 0 Å². The molecule has 0 fully saturated rings. The second kappa shape index (κ2) is 9.09. The Morgan fingerprint density at radius 1 is 1.18 bits per heavy atom. The molecular weight excluding hydrogens is 434 g/mol. The van der Waals surface area contributed by atoms with Crippen LogP contribution in [0.2, 0.25) is 0 Å². The number of benzene rings is 2. The third kappa shape index (κ3) is 4.05. The third-order valence-corrected chi connectivity index (χ3v) is 5.73. The van der Waals surface area contributed by atoms with Crippen LogP contribution in [0.5, 0.6) is 17.2 Å². The van der Waals surface area contributed by atoms with Gasteiger partial charge in [-0.3, -0.25) is 4.79 Å². The molecule has 0 aliphatic carbocycles. The maximum absolute atomic E-state index is 13.7. The van der Waals surface area contributed by atoms with E-state index < -0.39 is 6.04 Å². The van der Waals surface area contributed by atoms with Crippen LogP contribution in [0.25, 0.3) is 0 Å². The number of aromatic nitrogens is 3. The minimum Gasteiger partial charge on any atom is -0.492 e. The molecule has 3 aromatic rings. The minimum absolute atomic E-state index is 0.256. The number of nitrogens with zero attached hydrogens (tertiary/aromatic N) is 3. The van der Waals surface area contributed by atoms with Crippen molar-refractivity contribution in [1.29, 1.82) is 0 Å². The number of rotatable bonds is 5. The molecule has 5 rings (SSSR count). The summed E-state index contributed by atoms with van der Waals surface area (Å²) in [6, 6.07) is 12.6. The van der Waals surface area contributed by atoms with E-state index in [1.807, 2.05) is 63.2 Å². The Morgan fingerprint density at radius 3 is 2.79 bits per heavy atom. The summed E-state index contributed by atoms with van der Waals surface area (Å²) in [5.74, 6) is 2.91. The van der Waals surface area contributed by atoms with Gasteiger partial charge in [0.2, 0.25) is 5.95 Å². The van der Waals surface area contributed by atoms with Crippen LogP contribution in [0.4, 0.5) is 11.6 Å². The van der Waals surface area contributed by atoms with Gasteiger partial charge in [-0.2, -0.15) is 10.1 Å². The van der Waals surface area contributed by atoms with Crippen LogP contribution in [0.3, 0.4) is 0 Å². The van der Waals surface area contributed by atoms with Crippen molar-refractivity contribution in [3.05, 3.63) is 65.1 Å². The number of carbonyl (C=O) groups is 1. The zero-order chi connectivity index (χ0) is 23.7. The highest BCUT2D eigenvalue weighted by atomic mass is 16.5. The maximum atomic E-state index is 13.7. The Labute approximate surface area is 197 Å². The number of para-hydroxylation sites is 2. The summed E-state index contributed by atoms with van der Waals surface area (Å²) in [7, 11) is 0. The summed E-state index contributed by atoms with van der Waals surface area (Å²) < 4.78 is 19.1. The van der Waals surface area contributed by atoms with Crippen LogP contribution in [0.15, 0.2) is 53.7 Å². The number of hydrogen-bond acceptors (Lipinski definition) is 7. The molecule has 1 unspecified atom stereocenters. The van der Waals surface area contributed by atoms with E-state index >= 15 is 0 Å². The van der Waals surface area contributed by atoms with Gasteiger partial charge >= 0.3 is 0 Å². The van der Waals surface area contributed by atoms with Gasteiger partial charge in [0.15, 0.2) is 11.5 Å². The topological polar surface area (TPSA) is 99.5 Å². The fourth-order valence-electron chi connectivity index (χ4n) is 4.25. The minimum atomic E-state index is -0.506. The lowest BCUT2D eigenvalue weighted by Gasteiger charge is -2.29. The van der Waals surface area contributed by atoms with Crippen molar-refractivity contribution < 1.29 is 19.0 Å². The van der Waals surface area contributed by atoms with Gasteiger partial charge in [-0.05, 0) is 50.6 Å². The highest BCUT2D eigenvalue weighted by molar-refractivity contribution is 6.06. The Balaban J connectivity index is 1.57. The number of ether oxygens (including phenoxy) is 3. The largest absolute Gasteiger partial charge is 0.492 e. The monoisotopic (exact) mass is 461 g/mol. The molecule has 34 heavy (non-hydrogen) atoms. The first-order valence-corrected chi connectivity index (χ1v) is 11.4. The molecule has 0 bridgehead atoms. The van der Waals surface area contributed by atoms with Gasteiger partial charge in [0.25, 0.3) is 5.91 Å². The van der Waals surface area contributed by atoms with Crippen molar-refractivity contribution in [2.75, 3.05) is 30.5 Å². The summed E-state index contributed by atoms with van der Waals surface area (Å²) in [6.07, 6.45) is 0.815. The first-order valence-electron chi connectivity index (χ1n) is 11.4. The van der Waals surface area contributed by atoms with Crippen molar-refractivity contribution in [2.45, 2.75) is 33.2 Å². The summed E-state index contributed by atoms with van der Waals surface area (Å²) in [5.41, 5.74) is 2.67. The molecular formula is C25H27N5O4. The quantitative estimate of drug-likeness (QED) is 0.591. The average molecular weight is 462 g/mol. The molecule has 2 aliphatic heterocycles. The zero-order valence-corrected chi connectivity index (χ0v) is 19.4. The van der Waals surface area contributed by atoms with Crippen molar-refractivity contribution in [1.82, 2.24) is 14.8 Å². The van der Waals surface area contributed by atoms with Crippen LogP contribution in [0, 0.1) is 6.92 Å². The number of fused-ring (bicyclic) bond motifs is 2. The molecule has 2 aliphatic rings. The van der Waals surface area contributed by atoms with E-state index in [2.05, 4.69) is 20.7 Å². The number of nitrogens with one attached hydrogen (secondary N) is 2. The van der Waals surface area contributed by atoms with Crippen LogP contribution in [-0.4, -0.2) is 40.5 Å². The van der Waals surface area contributed by atoms with Crippen molar-refractivity contribution >= 4 is 17.5 Å². The van der Waals surface area contributed by atoms with Crippen molar-refractivity contribution in [3.63, 3.8) is 0 Å². The van der Waals surface area contributed by atoms with E-state index in [1.54, 1.807) is 4.68 Å². The number of anilines is 2. The summed E-state index contributed by atoms with van der Waals surface area (Å²) in [6.45, 7) is 7.28. The summed E-state index contributed by atoms with van der Waals surface area (Å²) in [5, 5.41) is 10.8. The van der Waals surface area contributed by atoms with E-state index in [0.29, 0.717) is 65.8 Å². The predicted octanol–water partition coefficient (Wildman–Crippen LogP) is 4.07. The van der Waals surface area contributed by atoms with Crippen LogP contribution >= 0.6 is 0 Å². The summed E-state index contributed by atoms with van der Waals surface area (Å²) in [4.78, 5) is 18.2. The molecule has 0 spiro atoms. The van der Waals surface area contributed by atoms with Gasteiger partial charge in [0.05, 0.1) is 31.1 Å². The molecule has 1 amide bonds. The molecule has 9 nitrogen and oxygen atoms in total. The summed E-state index contributed by atoms with van der Waals surface area (Å²) >= 11 is 0. The Morgan fingerprint density at radius 2 is 1.97 bits per heavy atom. The Hall–Kier alpha value is -4.01. The van der Waals surface area contributed by atoms with E-state index in [4.69, 9.17) is 14.2 Å². The smallest absolute Gasteiger partial charge is 0.255 e. The Bertz CT molecular complexity index is 1270. The van der Waals surface area contributed by atoms with Crippen molar-refractivity contribution in [3.8, 4) is 17.2 Å². The van der Waals surface area contributed by atoms with E-state index in [1.165, 1.54) is 0 Å². The van der Waals surface area contributed by atoms with Gasteiger partial charge < -0.3 is 24.8 Å². The van der Waals surface area contributed by atoms with E-state index in [9.17, 15) is 4.79 Å². The van der Waals surface area contributed by atoms with Gasteiger partial charge in [-0.25, -0.2) is 4.68 Å². The maximum Gasteiger partial charge on any atom is 0.255 e. The lowest BCUT2D eigenvalue weighted by atomic mass is 9.94. The Kier molecular flexibility index (Phi) is 5.83. The number of hydrogen-bond donors (Lipinski definition) is 2. The van der Waals surface area contributed by atoms with E-state index in [0.717, 1.165) is 12.0 Å². The number of allylic oxidation sites excluding steroid dienone is 1. The molecule has 0 saturated heterocycles. The highest BCUT2D eigenvalue weighted by Crippen LogP contribution is 2.40. The number of aryl methyl sites for hydroxylation is 1. The predicted molar refractivity (Wildman–Crippen MR) is 128 cm³/mol. The third-order valence-electron chi connectivity index (χ3n) is 5.73. The van der Waals surface area contributed by atoms with Gasteiger partial charge in [-0.1, -0.05) is 18.2 Å². The van der Waals surface area contributed by atoms with E-state index in [-0.39, 0.29) is 5.91 Å². The number of carbonyl (C=O) groups excluding carboxylic acids is 1.